The Kier molecular flexibility index (Phi) is 6.62. The summed E-state index contributed by atoms with van der Waals surface area (Å²) in [6.07, 6.45) is 4.74. The minimum absolute atomic E-state index is 0.0411. The van der Waals surface area contributed by atoms with Crippen LogP contribution in [0.1, 0.15) is 24.8 Å². The van der Waals surface area contributed by atoms with Crippen molar-refractivity contribution in [2.75, 3.05) is 33.0 Å². The topological polar surface area (TPSA) is 75.7 Å². The van der Waals surface area contributed by atoms with Gasteiger partial charge in [-0.2, -0.15) is 0 Å². The molecule has 1 aromatic rings. The standard InChI is InChI=1S/C17H26N2O4S/c1-23-16-9-4-3-6-14(16)10-12-19(24(2,21)22)13-11-18-17(20)15-7-5-8-15/h3-4,6,9,15H,5,7-8,10-13H2,1-2H3,(H,18,20). The Morgan fingerprint density at radius 1 is 1.29 bits per heavy atom. The van der Waals surface area contributed by atoms with E-state index in [0.29, 0.717) is 19.5 Å². The number of para-hydroxylation sites is 1. The van der Waals surface area contributed by atoms with Gasteiger partial charge < -0.3 is 10.1 Å². The lowest BCUT2D eigenvalue weighted by atomic mass is 9.85. The highest BCUT2D eigenvalue weighted by molar-refractivity contribution is 7.88. The van der Waals surface area contributed by atoms with Gasteiger partial charge >= 0.3 is 0 Å². The molecule has 0 atom stereocenters. The van der Waals surface area contributed by atoms with Gasteiger partial charge in [0.1, 0.15) is 5.75 Å². The van der Waals surface area contributed by atoms with Crippen LogP contribution in [0.5, 0.6) is 5.75 Å². The number of nitrogens with zero attached hydrogens (tertiary/aromatic N) is 1. The Morgan fingerprint density at radius 3 is 2.58 bits per heavy atom. The Hall–Kier alpha value is -1.60. The fourth-order valence-electron chi connectivity index (χ4n) is 2.72. The van der Waals surface area contributed by atoms with E-state index in [-0.39, 0.29) is 18.4 Å². The molecular formula is C17H26N2O4S. The van der Waals surface area contributed by atoms with Crippen molar-refractivity contribution in [2.45, 2.75) is 25.7 Å². The van der Waals surface area contributed by atoms with Crippen LogP contribution >= 0.6 is 0 Å². The zero-order valence-corrected chi connectivity index (χ0v) is 15.1. The highest BCUT2D eigenvalue weighted by atomic mass is 32.2. The third kappa shape index (κ3) is 5.21. The molecule has 134 valence electrons. The summed E-state index contributed by atoms with van der Waals surface area (Å²) >= 11 is 0. The molecule has 1 N–H and O–H groups in total. The van der Waals surface area contributed by atoms with Gasteiger partial charge in [-0.3, -0.25) is 4.79 Å². The van der Waals surface area contributed by atoms with Gasteiger partial charge in [-0.1, -0.05) is 24.6 Å². The molecule has 1 aromatic carbocycles. The van der Waals surface area contributed by atoms with Crippen LogP contribution in [0.2, 0.25) is 0 Å². The predicted molar refractivity (Wildman–Crippen MR) is 93.5 cm³/mol. The van der Waals surface area contributed by atoms with Gasteiger partial charge in [0.2, 0.25) is 15.9 Å². The van der Waals surface area contributed by atoms with E-state index < -0.39 is 10.0 Å². The molecule has 0 radical (unpaired) electrons. The van der Waals surface area contributed by atoms with Gasteiger partial charge in [-0.25, -0.2) is 12.7 Å². The number of amides is 1. The van der Waals surface area contributed by atoms with Crippen molar-refractivity contribution >= 4 is 15.9 Å². The Bertz CT molecular complexity index is 656. The van der Waals surface area contributed by atoms with E-state index >= 15 is 0 Å². The minimum atomic E-state index is -3.32. The van der Waals surface area contributed by atoms with Crippen LogP contribution in [-0.2, 0) is 21.2 Å². The molecule has 0 bridgehead atoms. The highest BCUT2D eigenvalue weighted by Crippen LogP contribution is 2.26. The van der Waals surface area contributed by atoms with Crippen molar-refractivity contribution in [3.63, 3.8) is 0 Å². The first-order chi connectivity index (χ1) is 11.4. The average Bonchev–Trinajstić information content (AvgIpc) is 2.48. The molecule has 1 aliphatic rings. The summed E-state index contributed by atoms with van der Waals surface area (Å²) < 4.78 is 30.6. The van der Waals surface area contributed by atoms with E-state index in [0.717, 1.165) is 30.6 Å². The number of benzene rings is 1. The molecule has 0 spiro atoms. The molecule has 6 nitrogen and oxygen atoms in total. The normalized spacial score (nSPS) is 15.1. The third-order valence-electron chi connectivity index (χ3n) is 4.43. The number of nitrogens with one attached hydrogen (secondary N) is 1. The second-order valence-electron chi connectivity index (χ2n) is 6.14. The molecule has 0 aromatic heterocycles. The zero-order valence-electron chi connectivity index (χ0n) is 14.3. The lowest BCUT2D eigenvalue weighted by molar-refractivity contribution is -0.127. The van der Waals surface area contributed by atoms with E-state index in [1.54, 1.807) is 7.11 Å². The predicted octanol–water partition coefficient (Wildman–Crippen LogP) is 1.42. The van der Waals surface area contributed by atoms with Crippen LogP contribution in [0.25, 0.3) is 0 Å². The maximum atomic E-state index is 12.0. The molecule has 0 aliphatic heterocycles. The van der Waals surface area contributed by atoms with Crippen LogP contribution in [0, 0.1) is 5.92 Å². The van der Waals surface area contributed by atoms with E-state index in [2.05, 4.69) is 5.32 Å². The van der Waals surface area contributed by atoms with Crippen molar-refractivity contribution in [3.05, 3.63) is 29.8 Å². The molecule has 0 heterocycles. The fraction of sp³-hybridized carbons (Fsp3) is 0.588. The smallest absolute Gasteiger partial charge is 0.223 e. The fourth-order valence-corrected chi connectivity index (χ4v) is 3.56. The number of ether oxygens (including phenoxy) is 1. The summed E-state index contributed by atoms with van der Waals surface area (Å²) in [4.78, 5) is 11.8. The first-order valence-electron chi connectivity index (χ1n) is 8.26. The number of hydrogen-bond acceptors (Lipinski definition) is 4. The van der Waals surface area contributed by atoms with E-state index in [4.69, 9.17) is 4.74 Å². The van der Waals surface area contributed by atoms with Crippen molar-refractivity contribution < 1.29 is 17.9 Å². The Balaban J connectivity index is 1.87. The first-order valence-corrected chi connectivity index (χ1v) is 10.1. The molecule has 1 saturated carbocycles. The second-order valence-corrected chi connectivity index (χ2v) is 8.13. The quantitative estimate of drug-likeness (QED) is 0.728. The molecule has 1 amide bonds. The largest absolute Gasteiger partial charge is 0.496 e. The van der Waals surface area contributed by atoms with Crippen LogP contribution in [0.4, 0.5) is 0 Å². The average molecular weight is 354 g/mol. The second kappa shape index (κ2) is 8.48. The van der Waals surface area contributed by atoms with Crippen molar-refractivity contribution in [2.24, 2.45) is 5.92 Å². The minimum Gasteiger partial charge on any atom is -0.496 e. The molecule has 2 rings (SSSR count). The molecule has 7 heteroatoms. The van der Waals surface area contributed by atoms with Crippen molar-refractivity contribution in [3.8, 4) is 5.75 Å². The van der Waals surface area contributed by atoms with Gasteiger partial charge in [-0.15, -0.1) is 0 Å². The third-order valence-corrected chi connectivity index (χ3v) is 5.73. The molecule has 1 fully saturated rings. The van der Waals surface area contributed by atoms with Crippen LogP contribution in [0.15, 0.2) is 24.3 Å². The highest BCUT2D eigenvalue weighted by Gasteiger charge is 2.25. The Labute approximate surface area is 144 Å². The maximum Gasteiger partial charge on any atom is 0.223 e. The lowest BCUT2D eigenvalue weighted by Crippen LogP contribution is -2.41. The Morgan fingerprint density at radius 2 is 2.00 bits per heavy atom. The van der Waals surface area contributed by atoms with E-state index in [9.17, 15) is 13.2 Å². The molecule has 24 heavy (non-hydrogen) atoms. The van der Waals surface area contributed by atoms with Crippen molar-refractivity contribution in [1.82, 2.24) is 9.62 Å². The number of sulfonamides is 1. The molecule has 0 saturated heterocycles. The number of hydrogen-bond donors (Lipinski definition) is 1. The molecule has 0 unspecified atom stereocenters. The summed E-state index contributed by atoms with van der Waals surface area (Å²) in [7, 11) is -1.72. The lowest BCUT2D eigenvalue weighted by Gasteiger charge is -2.25. The first kappa shape index (κ1) is 18.7. The number of carbonyl (C=O) groups excluding carboxylic acids is 1. The monoisotopic (exact) mass is 354 g/mol. The SMILES string of the molecule is COc1ccccc1CCN(CCNC(=O)C1CCC1)S(C)(=O)=O. The van der Waals surface area contributed by atoms with Crippen LogP contribution in [-0.4, -0.2) is 51.6 Å². The van der Waals surface area contributed by atoms with E-state index in [1.807, 2.05) is 24.3 Å². The number of carbonyl (C=O) groups is 1. The summed E-state index contributed by atoms with van der Waals surface area (Å²) in [5.74, 6) is 0.911. The van der Waals surface area contributed by atoms with Gasteiger partial charge in [0.05, 0.1) is 13.4 Å². The van der Waals surface area contributed by atoms with Crippen molar-refractivity contribution in [1.29, 1.82) is 0 Å². The summed E-state index contributed by atoms with van der Waals surface area (Å²) in [5, 5.41) is 2.84. The molecule has 1 aliphatic carbocycles. The summed E-state index contributed by atoms with van der Waals surface area (Å²) in [5.41, 5.74) is 0.965. The number of rotatable bonds is 9. The summed E-state index contributed by atoms with van der Waals surface area (Å²) in [6, 6.07) is 7.57. The zero-order chi connectivity index (χ0) is 17.6. The van der Waals surface area contributed by atoms with Gasteiger partial charge in [0.25, 0.3) is 0 Å². The molecular weight excluding hydrogens is 328 g/mol. The van der Waals surface area contributed by atoms with E-state index in [1.165, 1.54) is 10.6 Å². The van der Waals surface area contributed by atoms with Gasteiger partial charge in [0, 0.05) is 25.6 Å². The maximum absolute atomic E-state index is 12.0. The van der Waals surface area contributed by atoms with Gasteiger partial charge in [0.15, 0.2) is 0 Å². The van der Waals surface area contributed by atoms with Crippen LogP contribution in [0.3, 0.4) is 0 Å². The summed E-state index contributed by atoms with van der Waals surface area (Å²) in [6.45, 7) is 0.985. The van der Waals surface area contributed by atoms with Crippen LogP contribution < -0.4 is 10.1 Å². The van der Waals surface area contributed by atoms with Gasteiger partial charge in [-0.05, 0) is 30.9 Å². The number of methoxy groups -OCH3 is 1.